The van der Waals surface area contributed by atoms with Crippen molar-refractivity contribution in [2.45, 2.75) is 26.7 Å². The van der Waals surface area contributed by atoms with E-state index in [-0.39, 0.29) is 17.5 Å². The maximum Gasteiger partial charge on any atom is 0.169 e. The van der Waals surface area contributed by atoms with Gasteiger partial charge in [0, 0.05) is 0 Å². The van der Waals surface area contributed by atoms with Gasteiger partial charge in [-0.25, -0.2) is 0 Å². The van der Waals surface area contributed by atoms with Crippen molar-refractivity contribution < 1.29 is 9.59 Å². The van der Waals surface area contributed by atoms with Gasteiger partial charge in [-0.1, -0.05) is 13.3 Å². The second-order valence-electron chi connectivity index (χ2n) is 2.94. The van der Waals surface area contributed by atoms with Gasteiger partial charge in [-0.3, -0.25) is 9.59 Å². The summed E-state index contributed by atoms with van der Waals surface area (Å²) in [4.78, 5) is 22.3. The van der Waals surface area contributed by atoms with Crippen LogP contribution in [0.15, 0.2) is 11.6 Å². The Bertz CT molecular complexity index is 226. The average Bonchev–Trinajstić information content (AvgIpc) is 2.17. The molecular weight excluding hydrogens is 140 g/mol. The smallest absolute Gasteiger partial charge is 0.169 e. The highest BCUT2D eigenvalue weighted by atomic mass is 16.2. The first-order chi connectivity index (χ1) is 5.16. The Kier molecular flexibility index (Phi) is 2.22. The van der Waals surface area contributed by atoms with Crippen LogP contribution in [0.3, 0.4) is 0 Å². The van der Waals surface area contributed by atoms with E-state index < -0.39 is 0 Å². The largest absolute Gasteiger partial charge is 0.294 e. The summed E-state index contributed by atoms with van der Waals surface area (Å²) in [6, 6.07) is 0. The molecule has 0 aromatic rings. The van der Waals surface area contributed by atoms with Crippen LogP contribution < -0.4 is 0 Å². The summed E-state index contributed by atoms with van der Waals surface area (Å²) in [7, 11) is 0. The highest BCUT2D eigenvalue weighted by Crippen LogP contribution is 2.21. The lowest BCUT2D eigenvalue weighted by Crippen LogP contribution is -2.15. The molecule has 0 N–H and O–H groups in total. The zero-order valence-corrected chi connectivity index (χ0v) is 6.89. The van der Waals surface area contributed by atoms with Gasteiger partial charge in [-0.2, -0.15) is 0 Å². The van der Waals surface area contributed by atoms with Crippen LogP contribution >= 0.6 is 0 Å². The van der Waals surface area contributed by atoms with E-state index in [0.29, 0.717) is 12.0 Å². The maximum absolute atomic E-state index is 11.2. The molecule has 0 aliphatic heterocycles. The number of carbonyl (C=O) groups excluding carboxylic acids is 2. The predicted octanol–water partition coefficient (Wildman–Crippen LogP) is 1.50. The predicted molar refractivity (Wildman–Crippen MR) is 42.2 cm³/mol. The Morgan fingerprint density at radius 2 is 2.09 bits per heavy atom. The summed E-state index contributed by atoms with van der Waals surface area (Å²) in [6.45, 7) is 3.68. The first-order valence-electron chi connectivity index (χ1n) is 3.93. The third-order valence-corrected chi connectivity index (χ3v) is 1.98. The second-order valence-corrected chi connectivity index (χ2v) is 2.94. The zero-order chi connectivity index (χ0) is 8.43. The Labute approximate surface area is 66.3 Å². The van der Waals surface area contributed by atoms with Crippen molar-refractivity contribution in [3.05, 3.63) is 11.6 Å². The van der Waals surface area contributed by atoms with Crippen molar-refractivity contribution >= 4 is 11.6 Å². The van der Waals surface area contributed by atoms with Crippen LogP contribution in [0.5, 0.6) is 0 Å². The summed E-state index contributed by atoms with van der Waals surface area (Å²) in [5.41, 5.74) is 0.619. The highest BCUT2D eigenvalue weighted by molar-refractivity contribution is 6.21. The molecule has 11 heavy (non-hydrogen) atoms. The van der Waals surface area contributed by atoms with Crippen molar-refractivity contribution in [1.82, 2.24) is 0 Å². The third-order valence-electron chi connectivity index (χ3n) is 1.98. The number of Topliss-reactive ketones (excluding diaryl/α,β-unsaturated/α-hetero) is 1. The third kappa shape index (κ3) is 1.39. The molecule has 0 radical (unpaired) electrons. The van der Waals surface area contributed by atoms with Crippen LogP contribution in [0.4, 0.5) is 0 Å². The first kappa shape index (κ1) is 8.18. The lowest BCUT2D eigenvalue weighted by Gasteiger charge is -2.03. The summed E-state index contributed by atoms with van der Waals surface area (Å²) < 4.78 is 0. The van der Waals surface area contributed by atoms with Gasteiger partial charge in [0.2, 0.25) is 0 Å². The summed E-state index contributed by atoms with van der Waals surface area (Å²) in [6.07, 6.45) is 3.05. The molecule has 1 rings (SSSR count). The van der Waals surface area contributed by atoms with Crippen molar-refractivity contribution in [3.63, 3.8) is 0 Å². The molecule has 0 fully saturated rings. The van der Waals surface area contributed by atoms with E-state index in [9.17, 15) is 9.59 Å². The van der Waals surface area contributed by atoms with E-state index in [0.717, 1.165) is 6.42 Å². The molecule has 2 heteroatoms. The maximum atomic E-state index is 11.2. The van der Waals surface area contributed by atoms with Gasteiger partial charge < -0.3 is 0 Å². The van der Waals surface area contributed by atoms with Gasteiger partial charge in [-0.15, -0.1) is 0 Å². The number of ketones is 2. The zero-order valence-electron chi connectivity index (χ0n) is 6.89. The van der Waals surface area contributed by atoms with Gasteiger partial charge >= 0.3 is 0 Å². The van der Waals surface area contributed by atoms with E-state index in [1.165, 1.54) is 6.08 Å². The van der Waals surface area contributed by atoms with E-state index in [1.54, 1.807) is 6.92 Å². The molecule has 1 unspecified atom stereocenters. The van der Waals surface area contributed by atoms with E-state index in [2.05, 4.69) is 0 Å². The lowest BCUT2D eigenvalue weighted by molar-refractivity contribution is -0.126. The highest BCUT2D eigenvalue weighted by Gasteiger charge is 2.30. The fourth-order valence-corrected chi connectivity index (χ4v) is 1.35. The molecule has 0 aromatic carbocycles. The molecule has 0 spiro atoms. The van der Waals surface area contributed by atoms with Crippen molar-refractivity contribution in [2.24, 2.45) is 5.92 Å². The van der Waals surface area contributed by atoms with Crippen molar-refractivity contribution in [1.29, 1.82) is 0 Å². The Morgan fingerprint density at radius 1 is 1.45 bits per heavy atom. The number of hydrogen-bond donors (Lipinski definition) is 0. The van der Waals surface area contributed by atoms with Gasteiger partial charge in [-0.05, 0) is 25.0 Å². The standard InChI is InChI=1S/C9H12O2/c1-3-4-7-8(10)5-6(2)9(7)11/h5,7H,3-4H2,1-2H3. The van der Waals surface area contributed by atoms with Crippen LogP contribution in [0.1, 0.15) is 26.7 Å². The minimum absolute atomic E-state index is 0.00523. The van der Waals surface area contributed by atoms with Crippen LogP contribution in [0.2, 0.25) is 0 Å². The molecule has 1 aliphatic rings. The van der Waals surface area contributed by atoms with Gasteiger partial charge in [0.05, 0.1) is 5.92 Å². The Balaban J connectivity index is 2.73. The van der Waals surface area contributed by atoms with Crippen molar-refractivity contribution in [2.75, 3.05) is 0 Å². The summed E-state index contributed by atoms with van der Waals surface area (Å²) >= 11 is 0. The number of rotatable bonds is 2. The SMILES string of the molecule is CCCC1C(=O)C=C(C)C1=O. The molecule has 0 saturated carbocycles. The molecule has 0 bridgehead atoms. The molecule has 1 atom stereocenters. The molecule has 2 nitrogen and oxygen atoms in total. The van der Waals surface area contributed by atoms with Crippen LogP contribution in [0.25, 0.3) is 0 Å². The Morgan fingerprint density at radius 3 is 2.45 bits per heavy atom. The van der Waals surface area contributed by atoms with Crippen LogP contribution in [0, 0.1) is 5.92 Å². The fraction of sp³-hybridized carbons (Fsp3) is 0.556. The monoisotopic (exact) mass is 152 g/mol. The molecule has 0 heterocycles. The second kappa shape index (κ2) is 2.99. The number of allylic oxidation sites excluding steroid dienone is 2. The van der Waals surface area contributed by atoms with Gasteiger partial charge in [0.1, 0.15) is 0 Å². The van der Waals surface area contributed by atoms with Crippen LogP contribution in [-0.2, 0) is 9.59 Å². The Hall–Kier alpha value is -0.920. The van der Waals surface area contributed by atoms with Gasteiger partial charge in [0.25, 0.3) is 0 Å². The minimum atomic E-state index is -0.347. The fourth-order valence-electron chi connectivity index (χ4n) is 1.35. The van der Waals surface area contributed by atoms with Crippen molar-refractivity contribution in [3.8, 4) is 0 Å². The molecule has 0 amide bonds. The molecule has 60 valence electrons. The topological polar surface area (TPSA) is 34.1 Å². The number of carbonyl (C=O) groups is 2. The van der Waals surface area contributed by atoms with E-state index in [4.69, 9.17) is 0 Å². The normalized spacial score (nSPS) is 24.2. The van der Waals surface area contributed by atoms with Gasteiger partial charge in [0.15, 0.2) is 11.6 Å². The van der Waals surface area contributed by atoms with E-state index >= 15 is 0 Å². The molecule has 1 aliphatic carbocycles. The number of hydrogen-bond acceptors (Lipinski definition) is 2. The quantitative estimate of drug-likeness (QED) is 0.562. The first-order valence-corrected chi connectivity index (χ1v) is 3.93. The molecular formula is C9H12O2. The van der Waals surface area contributed by atoms with Crippen LogP contribution in [-0.4, -0.2) is 11.6 Å². The molecule has 0 saturated heterocycles. The van der Waals surface area contributed by atoms with E-state index in [1.807, 2.05) is 6.92 Å². The summed E-state index contributed by atoms with van der Waals surface area (Å²) in [5.74, 6) is -0.328. The average molecular weight is 152 g/mol. The summed E-state index contributed by atoms with van der Waals surface area (Å²) in [5, 5.41) is 0. The minimum Gasteiger partial charge on any atom is -0.294 e. The molecule has 0 aromatic heterocycles. The lowest BCUT2D eigenvalue weighted by atomic mass is 9.98.